The van der Waals surface area contributed by atoms with Gasteiger partial charge in [0, 0.05) is 36.6 Å². The topological polar surface area (TPSA) is 40.5 Å². The lowest BCUT2D eigenvalue weighted by Gasteiger charge is -2.13. The zero-order chi connectivity index (χ0) is 12.3. The van der Waals surface area contributed by atoms with Gasteiger partial charge < -0.3 is 10.0 Å². The molecule has 0 aromatic heterocycles. The van der Waals surface area contributed by atoms with E-state index in [0.29, 0.717) is 30.1 Å². The molecule has 0 amide bonds. The zero-order valence-electron chi connectivity index (χ0n) is 9.60. The Morgan fingerprint density at radius 3 is 3.00 bits per heavy atom. The fourth-order valence-electron chi connectivity index (χ4n) is 2.08. The molecule has 3 nitrogen and oxygen atoms in total. The quantitative estimate of drug-likeness (QED) is 0.835. The van der Waals surface area contributed by atoms with E-state index in [4.69, 9.17) is 11.6 Å². The molecule has 92 valence electrons. The Kier molecular flexibility index (Phi) is 4.15. The van der Waals surface area contributed by atoms with Gasteiger partial charge in [-0.25, -0.2) is 0 Å². The highest BCUT2D eigenvalue weighted by Gasteiger charge is 2.20. The van der Waals surface area contributed by atoms with Crippen LogP contribution in [0.4, 0.5) is 0 Å². The molecule has 1 saturated heterocycles. The maximum absolute atomic E-state index is 11.9. The Balaban J connectivity index is 1.85. The number of carbonyl (C=O) groups is 1. The van der Waals surface area contributed by atoms with Crippen molar-refractivity contribution >= 4 is 17.4 Å². The van der Waals surface area contributed by atoms with E-state index >= 15 is 0 Å². The molecule has 1 heterocycles. The van der Waals surface area contributed by atoms with Gasteiger partial charge in [-0.2, -0.15) is 0 Å². The summed E-state index contributed by atoms with van der Waals surface area (Å²) >= 11 is 5.84. The molecule has 0 saturated carbocycles. The van der Waals surface area contributed by atoms with Crippen LogP contribution in [-0.4, -0.2) is 41.5 Å². The molecular formula is C13H16ClNO2. The Morgan fingerprint density at radius 2 is 2.35 bits per heavy atom. The third kappa shape index (κ3) is 3.53. The van der Waals surface area contributed by atoms with Crippen molar-refractivity contribution in [3.63, 3.8) is 0 Å². The molecule has 0 bridgehead atoms. The van der Waals surface area contributed by atoms with E-state index < -0.39 is 0 Å². The third-order valence-corrected chi connectivity index (χ3v) is 3.28. The van der Waals surface area contributed by atoms with Crippen LogP contribution in [0.5, 0.6) is 0 Å². The minimum absolute atomic E-state index is 0.105. The van der Waals surface area contributed by atoms with Gasteiger partial charge in [0.15, 0.2) is 5.78 Å². The lowest BCUT2D eigenvalue weighted by Crippen LogP contribution is -2.25. The monoisotopic (exact) mass is 253 g/mol. The highest BCUT2D eigenvalue weighted by molar-refractivity contribution is 6.31. The van der Waals surface area contributed by atoms with E-state index in [1.165, 1.54) is 0 Å². The van der Waals surface area contributed by atoms with E-state index in [2.05, 4.69) is 4.90 Å². The van der Waals surface area contributed by atoms with E-state index in [1.807, 2.05) is 0 Å². The summed E-state index contributed by atoms with van der Waals surface area (Å²) in [6.45, 7) is 2.27. The SMILES string of the molecule is O=C(CCN1CCC(O)C1)c1cccc(Cl)c1. The first-order valence-corrected chi connectivity index (χ1v) is 6.22. The maximum atomic E-state index is 11.9. The third-order valence-electron chi connectivity index (χ3n) is 3.05. The summed E-state index contributed by atoms with van der Waals surface area (Å²) in [6.07, 6.45) is 1.06. The standard InChI is InChI=1S/C13H16ClNO2/c14-11-3-1-2-10(8-11)13(17)5-7-15-6-4-12(16)9-15/h1-3,8,12,16H,4-7,9H2. The number of benzene rings is 1. The Morgan fingerprint density at radius 1 is 1.53 bits per heavy atom. The number of hydrogen-bond donors (Lipinski definition) is 1. The zero-order valence-corrected chi connectivity index (χ0v) is 10.4. The molecule has 0 aliphatic carbocycles. The molecule has 0 radical (unpaired) electrons. The molecule has 1 atom stereocenters. The van der Waals surface area contributed by atoms with Gasteiger partial charge in [0.1, 0.15) is 0 Å². The number of carbonyl (C=O) groups excluding carboxylic acids is 1. The molecule has 1 aromatic rings. The molecule has 4 heteroatoms. The predicted octanol–water partition coefficient (Wildman–Crippen LogP) is 1.98. The molecule has 1 aromatic carbocycles. The molecule has 0 spiro atoms. The molecule has 1 aliphatic rings. The molecule has 2 rings (SSSR count). The number of rotatable bonds is 4. The number of nitrogens with zero attached hydrogens (tertiary/aromatic N) is 1. The van der Waals surface area contributed by atoms with E-state index in [1.54, 1.807) is 24.3 Å². The lowest BCUT2D eigenvalue weighted by atomic mass is 10.1. The van der Waals surface area contributed by atoms with E-state index in [-0.39, 0.29) is 11.9 Å². The highest BCUT2D eigenvalue weighted by atomic mass is 35.5. The van der Waals surface area contributed by atoms with Crippen LogP contribution in [0.3, 0.4) is 0 Å². The van der Waals surface area contributed by atoms with Gasteiger partial charge in [0.05, 0.1) is 6.10 Å². The minimum atomic E-state index is -0.226. The van der Waals surface area contributed by atoms with Gasteiger partial charge in [-0.05, 0) is 18.6 Å². The lowest BCUT2D eigenvalue weighted by molar-refractivity contribution is 0.0964. The fourth-order valence-corrected chi connectivity index (χ4v) is 2.27. The summed E-state index contributed by atoms with van der Waals surface area (Å²) < 4.78 is 0. The van der Waals surface area contributed by atoms with E-state index in [0.717, 1.165) is 13.0 Å². The second-order valence-corrected chi connectivity index (χ2v) is 4.86. The summed E-state index contributed by atoms with van der Waals surface area (Å²) in [6, 6.07) is 7.03. The number of aliphatic hydroxyl groups excluding tert-OH is 1. The number of β-amino-alcohol motifs (C(OH)–C–C–N with tert-alkyl or cyclic N) is 1. The number of likely N-dealkylation sites (tertiary alicyclic amines) is 1. The van der Waals surface area contributed by atoms with Crippen molar-refractivity contribution < 1.29 is 9.90 Å². The molecule has 17 heavy (non-hydrogen) atoms. The average Bonchev–Trinajstić information content (AvgIpc) is 2.72. The Labute approximate surface area is 106 Å². The van der Waals surface area contributed by atoms with Crippen molar-refractivity contribution in [3.8, 4) is 0 Å². The smallest absolute Gasteiger partial charge is 0.164 e. The van der Waals surface area contributed by atoms with Gasteiger partial charge in [0.25, 0.3) is 0 Å². The summed E-state index contributed by atoms with van der Waals surface area (Å²) in [5.74, 6) is 0.105. The molecule has 1 unspecified atom stereocenters. The van der Waals surface area contributed by atoms with Crippen molar-refractivity contribution in [2.75, 3.05) is 19.6 Å². The minimum Gasteiger partial charge on any atom is -0.392 e. The van der Waals surface area contributed by atoms with Crippen LogP contribution in [0.2, 0.25) is 5.02 Å². The molecule has 1 N–H and O–H groups in total. The van der Waals surface area contributed by atoms with Gasteiger partial charge in [-0.1, -0.05) is 23.7 Å². The average molecular weight is 254 g/mol. The van der Waals surface area contributed by atoms with Crippen LogP contribution < -0.4 is 0 Å². The van der Waals surface area contributed by atoms with Crippen molar-refractivity contribution in [1.82, 2.24) is 4.90 Å². The van der Waals surface area contributed by atoms with Gasteiger partial charge >= 0.3 is 0 Å². The van der Waals surface area contributed by atoms with Crippen LogP contribution in [0, 0.1) is 0 Å². The van der Waals surface area contributed by atoms with Crippen LogP contribution in [0.1, 0.15) is 23.2 Å². The van der Waals surface area contributed by atoms with Crippen LogP contribution in [0.15, 0.2) is 24.3 Å². The van der Waals surface area contributed by atoms with E-state index in [9.17, 15) is 9.90 Å². The van der Waals surface area contributed by atoms with Crippen molar-refractivity contribution in [1.29, 1.82) is 0 Å². The summed E-state index contributed by atoms with van der Waals surface area (Å²) in [5.41, 5.74) is 0.664. The van der Waals surface area contributed by atoms with Crippen LogP contribution in [0.25, 0.3) is 0 Å². The molecule has 1 aliphatic heterocycles. The predicted molar refractivity (Wildman–Crippen MR) is 67.5 cm³/mol. The number of ketones is 1. The fraction of sp³-hybridized carbons (Fsp3) is 0.462. The molecular weight excluding hydrogens is 238 g/mol. The molecule has 1 fully saturated rings. The highest BCUT2D eigenvalue weighted by Crippen LogP contribution is 2.14. The first-order chi connectivity index (χ1) is 8.15. The normalized spacial score (nSPS) is 20.7. The van der Waals surface area contributed by atoms with Crippen LogP contribution in [-0.2, 0) is 0 Å². The first-order valence-electron chi connectivity index (χ1n) is 5.84. The number of halogens is 1. The van der Waals surface area contributed by atoms with Crippen LogP contribution >= 0.6 is 11.6 Å². The second-order valence-electron chi connectivity index (χ2n) is 4.43. The second kappa shape index (κ2) is 5.63. The number of Topliss-reactive ketones (excluding diaryl/α,β-unsaturated/α-hetero) is 1. The van der Waals surface area contributed by atoms with Crippen molar-refractivity contribution in [3.05, 3.63) is 34.9 Å². The Bertz CT molecular complexity index is 408. The van der Waals surface area contributed by atoms with Gasteiger partial charge in [-0.3, -0.25) is 4.79 Å². The first kappa shape index (κ1) is 12.6. The van der Waals surface area contributed by atoms with Gasteiger partial charge in [0.2, 0.25) is 0 Å². The Hall–Kier alpha value is -0.900. The summed E-state index contributed by atoms with van der Waals surface area (Å²) in [4.78, 5) is 14.0. The van der Waals surface area contributed by atoms with Crippen molar-refractivity contribution in [2.24, 2.45) is 0 Å². The number of aliphatic hydroxyl groups is 1. The summed E-state index contributed by atoms with van der Waals surface area (Å²) in [7, 11) is 0. The maximum Gasteiger partial charge on any atom is 0.164 e. The largest absolute Gasteiger partial charge is 0.392 e. The summed E-state index contributed by atoms with van der Waals surface area (Å²) in [5, 5.41) is 9.96. The van der Waals surface area contributed by atoms with Crippen molar-refractivity contribution in [2.45, 2.75) is 18.9 Å². The number of hydrogen-bond acceptors (Lipinski definition) is 3. The van der Waals surface area contributed by atoms with Gasteiger partial charge in [-0.15, -0.1) is 0 Å².